The van der Waals surface area contributed by atoms with Gasteiger partial charge in [-0.2, -0.15) is 5.10 Å². The van der Waals surface area contributed by atoms with E-state index >= 15 is 0 Å². The van der Waals surface area contributed by atoms with Crippen molar-refractivity contribution < 1.29 is 4.79 Å². The molecule has 4 heteroatoms. The van der Waals surface area contributed by atoms with Crippen molar-refractivity contribution in [2.24, 2.45) is 7.05 Å². The van der Waals surface area contributed by atoms with E-state index in [0.717, 1.165) is 11.3 Å². The Bertz CT molecular complexity index is 528. The van der Waals surface area contributed by atoms with Crippen LogP contribution in [0.5, 0.6) is 0 Å². The van der Waals surface area contributed by atoms with Crippen molar-refractivity contribution >= 4 is 17.4 Å². The molecule has 0 unspecified atom stereocenters. The summed E-state index contributed by atoms with van der Waals surface area (Å²) in [6.07, 6.45) is 0. The Hall–Kier alpha value is -1.61. The van der Waals surface area contributed by atoms with Crippen LogP contribution >= 0.6 is 11.6 Å². The first kappa shape index (κ1) is 10.9. The molecule has 0 aliphatic carbocycles. The molecule has 0 atom stereocenters. The van der Waals surface area contributed by atoms with Crippen LogP contribution in [-0.4, -0.2) is 15.6 Å². The summed E-state index contributed by atoms with van der Waals surface area (Å²) in [5, 5.41) is 4.84. The second-order valence-corrected chi connectivity index (χ2v) is 4.04. The van der Waals surface area contributed by atoms with E-state index in [2.05, 4.69) is 5.10 Å². The van der Waals surface area contributed by atoms with Crippen LogP contribution in [0.2, 0.25) is 5.02 Å². The van der Waals surface area contributed by atoms with Gasteiger partial charge in [0.05, 0.1) is 5.69 Å². The van der Waals surface area contributed by atoms with Crippen molar-refractivity contribution in [2.75, 3.05) is 0 Å². The maximum atomic E-state index is 11.2. The van der Waals surface area contributed by atoms with Crippen LogP contribution in [0, 0.1) is 0 Å². The molecule has 16 heavy (non-hydrogen) atoms. The number of aromatic nitrogens is 2. The van der Waals surface area contributed by atoms with Crippen molar-refractivity contribution in [1.82, 2.24) is 9.78 Å². The fourth-order valence-corrected chi connectivity index (χ4v) is 1.66. The lowest BCUT2D eigenvalue weighted by Gasteiger charge is -2.00. The average molecular weight is 235 g/mol. The minimum atomic E-state index is -0.0317. The minimum absolute atomic E-state index is 0.0317. The zero-order valence-corrected chi connectivity index (χ0v) is 9.82. The number of carbonyl (C=O) groups is 1. The highest BCUT2D eigenvalue weighted by Gasteiger charge is 2.09. The summed E-state index contributed by atoms with van der Waals surface area (Å²) in [5.74, 6) is -0.0317. The Morgan fingerprint density at radius 1 is 1.31 bits per heavy atom. The van der Waals surface area contributed by atoms with Crippen molar-refractivity contribution in [3.8, 4) is 11.3 Å². The standard InChI is InChI=1S/C12H11ClN2O/c1-8(16)11-7-12(15(2)14-11)9-3-5-10(13)6-4-9/h3-7H,1-2H3. The predicted octanol–water partition coefficient (Wildman–Crippen LogP) is 2.94. The Morgan fingerprint density at radius 3 is 2.44 bits per heavy atom. The summed E-state index contributed by atoms with van der Waals surface area (Å²) in [6.45, 7) is 1.51. The second kappa shape index (κ2) is 4.10. The lowest BCUT2D eigenvalue weighted by molar-refractivity contribution is 0.101. The summed E-state index contributed by atoms with van der Waals surface area (Å²) >= 11 is 5.82. The van der Waals surface area contributed by atoms with Gasteiger partial charge in [0, 0.05) is 19.0 Å². The molecule has 2 rings (SSSR count). The molecule has 1 aromatic carbocycles. The van der Waals surface area contributed by atoms with E-state index in [9.17, 15) is 4.79 Å². The van der Waals surface area contributed by atoms with Crippen LogP contribution in [0.25, 0.3) is 11.3 Å². The van der Waals surface area contributed by atoms with Gasteiger partial charge in [-0.3, -0.25) is 9.48 Å². The average Bonchev–Trinajstić information content (AvgIpc) is 2.62. The van der Waals surface area contributed by atoms with Gasteiger partial charge in [0.25, 0.3) is 0 Å². The van der Waals surface area contributed by atoms with Gasteiger partial charge in [-0.1, -0.05) is 23.7 Å². The van der Waals surface area contributed by atoms with E-state index in [1.165, 1.54) is 6.92 Å². The molecule has 0 radical (unpaired) electrons. The van der Waals surface area contributed by atoms with Crippen LogP contribution < -0.4 is 0 Å². The fraction of sp³-hybridized carbons (Fsp3) is 0.167. The molecule has 0 aliphatic heterocycles. The molecule has 1 heterocycles. The van der Waals surface area contributed by atoms with Crippen molar-refractivity contribution in [3.63, 3.8) is 0 Å². The van der Waals surface area contributed by atoms with E-state index in [4.69, 9.17) is 11.6 Å². The molecular weight excluding hydrogens is 224 g/mol. The third kappa shape index (κ3) is 1.99. The third-order valence-corrected chi connectivity index (χ3v) is 2.63. The van der Waals surface area contributed by atoms with E-state index in [1.54, 1.807) is 10.7 Å². The normalized spacial score (nSPS) is 10.4. The second-order valence-electron chi connectivity index (χ2n) is 3.60. The van der Waals surface area contributed by atoms with Crippen LogP contribution in [-0.2, 0) is 7.05 Å². The number of benzene rings is 1. The lowest BCUT2D eigenvalue weighted by Crippen LogP contribution is -1.96. The first-order valence-electron chi connectivity index (χ1n) is 4.89. The van der Waals surface area contributed by atoms with Gasteiger partial charge in [-0.25, -0.2) is 0 Å². The van der Waals surface area contributed by atoms with Crippen molar-refractivity contribution in [2.45, 2.75) is 6.92 Å². The van der Waals surface area contributed by atoms with E-state index in [0.29, 0.717) is 10.7 Å². The van der Waals surface area contributed by atoms with Crippen LogP contribution in [0.3, 0.4) is 0 Å². The maximum absolute atomic E-state index is 11.2. The molecule has 0 amide bonds. The molecule has 1 aromatic heterocycles. The minimum Gasteiger partial charge on any atom is -0.293 e. The molecule has 0 saturated heterocycles. The molecule has 2 aromatic rings. The monoisotopic (exact) mass is 234 g/mol. The number of ketones is 1. The van der Waals surface area contributed by atoms with Gasteiger partial charge < -0.3 is 0 Å². The molecule has 0 fully saturated rings. The Morgan fingerprint density at radius 2 is 1.94 bits per heavy atom. The highest BCUT2D eigenvalue weighted by molar-refractivity contribution is 6.30. The number of carbonyl (C=O) groups excluding carboxylic acids is 1. The van der Waals surface area contributed by atoms with Gasteiger partial charge >= 0.3 is 0 Å². The van der Waals surface area contributed by atoms with Crippen molar-refractivity contribution in [3.05, 3.63) is 41.0 Å². The van der Waals surface area contributed by atoms with Gasteiger partial charge in [0.1, 0.15) is 5.69 Å². The zero-order chi connectivity index (χ0) is 11.7. The van der Waals surface area contributed by atoms with E-state index in [1.807, 2.05) is 31.3 Å². The van der Waals surface area contributed by atoms with E-state index < -0.39 is 0 Å². The maximum Gasteiger partial charge on any atom is 0.180 e. The first-order chi connectivity index (χ1) is 7.58. The number of nitrogens with zero attached hydrogens (tertiary/aromatic N) is 2. The molecule has 0 spiro atoms. The quantitative estimate of drug-likeness (QED) is 0.749. The lowest BCUT2D eigenvalue weighted by atomic mass is 10.1. The predicted molar refractivity (Wildman–Crippen MR) is 63.7 cm³/mol. The Labute approximate surface area is 98.7 Å². The van der Waals surface area contributed by atoms with Gasteiger partial charge in [0.15, 0.2) is 5.78 Å². The third-order valence-electron chi connectivity index (χ3n) is 2.38. The van der Waals surface area contributed by atoms with Gasteiger partial charge in [-0.05, 0) is 23.8 Å². The van der Waals surface area contributed by atoms with Crippen LogP contribution in [0.15, 0.2) is 30.3 Å². The number of hydrogen-bond acceptors (Lipinski definition) is 2. The molecule has 0 bridgehead atoms. The van der Waals surface area contributed by atoms with Crippen molar-refractivity contribution in [1.29, 1.82) is 0 Å². The Kier molecular flexibility index (Phi) is 2.79. The summed E-state index contributed by atoms with van der Waals surface area (Å²) in [7, 11) is 1.82. The zero-order valence-electron chi connectivity index (χ0n) is 9.07. The number of aryl methyl sites for hydroxylation is 1. The highest BCUT2D eigenvalue weighted by atomic mass is 35.5. The summed E-state index contributed by atoms with van der Waals surface area (Å²) in [5.41, 5.74) is 2.38. The molecule has 0 N–H and O–H groups in total. The number of Topliss-reactive ketones (excluding diaryl/α,β-unsaturated/α-hetero) is 1. The number of rotatable bonds is 2. The SMILES string of the molecule is CC(=O)c1cc(-c2ccc(Cl)cc2)n(C)n1. The summed E-state index contributed by atoms with van der Waals surface area (Å²) in [6, 6.07) is 9.23. The first-order valence-corrected chi connectivity index (χ1v) is 5.26. The fourth-order valence-electron chi connectivity index (χ4n) is 1.53. The topological polar surface area (TPSA) is 34.9 Å². The molecule has 0 saturated carbocycles. The Balaban J connectivity index is 2.47. The van der Waals surface area contributed by atoms with E-state index in [-0.39, 0.29) is 5.78 Å². The highest BCUT2D eigenvalue weighted by Crippen LogP contribution is 2.21. The van der Waals surface area contributed by atoms with Crippen LogP contribution in [0.1, 0.15) is 17.4 Å². The van der Waals surface area contributed by atoms with Crippen LogP contribution in [0.4, 0.5) is 0 Å². The molecule has 82 valence electrons. The summed E-state index contributed by atoms with van der Waals surface area (Å²) < 4.78 is 1.69. The molecular formula is C12H11ClN2O. The largest absolute Gasteiger partial charge is 0.293 e. The van der Waals surface area contributed by atoms with Gasteiger partial charge in [-0.15, -0.1) is 0 Å². The molecule has 3 nitrogen and oxygen atoms in total. The smallest absolute Gasteiger partial charge is 0.180 e. The number of halogens is 1. The number of hydrogen-bond donors (Lipinski definition) is 0. The summed E-state index contributed by atoms with van der Waals surface area (Å²) in [4.78, 5) is 11.2. The molecule has 0 aliphatic rings. The van der Waals surface area contributed by atoms with Gasteiger partial charge in [0.2, 0.25) is 0 Å².